The maximum Gasteiger partial charge on any atom is 0.305 e. The van der Waals surface area contributed by atoms with E-state index in [1.165, 1.54) is 0 Å². The Kier molecular flexibility index (Phi) is 21.6. The fourth-order valence-corrected chi connectivity index (χ4v) is 6.65. The molecule has 10 heteroatoms. The van der Waals surface area contributed by atoms with Gasteiger partial charge in [-0.05, 0) is 94.2 Å². The molecule has 0 fully saturated rings. The molecular formula is C39H75N4O6+3. The molecule has 0 saturated carbocycles. The van der Waals surface area contributed by atoms with E-state index in [9.17, 15) is 9.59 Å². The molecule has 0 bridgehead atoms. The first-order valence-corrected chi connectivity index (χ1v) is 19.6. The van der Waals surface area contributed by atoms with Crippen LogP contribution < -0.4 is 19.5 Å². The molecule has 49 heavy (non-hydrogen) atoms. The lowest BCUT2D eigenvalue weighted by Gasteiger charge is -2.36. The number of carbonyl (C=O) groups excluding carboxylic acids is 2. The lowest BCUT2D eigenvalue weighted by atomic mass is 10.1. The van der Waals surface area contributed by atoms with Crippen LogP contribution in [0, 0.1) is 0 Å². The molecule has 0 aliphatic carbocycles. The van der Waals surface area contributed by atoms with Crippen molar-refractivity contribution >= 4 is 11.9 Å². The van der Waals surface area contributed by atoms with E-state index in [4.69, 9.17) is 18.9 Å². The third kappa shape index (κ3) is 14.3. The second-order valence-electron chi connectivity index (χ2n) is 13.3. The number of rotatable bonds is 29. The third-order valence-corrected chi connectivity index (χ3v) is 11.4. The number of unbranched alkanes of at least 4 members (excludes halogenated alkanes) is 2. The number of amides is 1. The number of esters is 1. The molecule has 0 aromatic heterocycles. The highest BCUT2D eigenvalue weighted by Crippen LogP contribution is 2.39. The number of nitrogens with one attached hydrogen (secondary N) is 1. The number of carbonyl (C=O) groups is 2. The fourth-order valence-electron chi connectivity index (χ4n) is 6.65. The Morgan fingerprint density at radius 1 is 0.571 bits per heavy atom. The van der Waals surface area contributed by atoms with Gasteiger partial charge < -0.3 is 37.7 Å². The molecular weight excluding hydrogens is 620 g/mol. The van der Waals surface area contributed by atoms with E-state index >= 15 is 0 Å². The van der Waals surface area contributed by atoms with Gasteiger partial charge in [0.1, 0.15) is 39.5 Å². The van der Waals surface area contributed by atoms with E-state index in [0.717, 1.165) is 111 Å². The predicted molar refractivity (Wildman–Crippen MR) is 201 cm³/mol. The average molecular weight is 696 g/mol. The van der Waals surface area contributed by atoms with Crippen LogP contribution in [0.25, 0.3) is 0 Å². The lowest BCUT2D eigenvalue weighted by Crippen LogP contribution is -2.50. The first-order valence-electron chi connectivity index (χ1n) is 19.6. The van der Waals surface area contributed by atoms with E-state index in [1.807, 2.05) is 19.1 Å². The minimum Gasteiger partial charge on any atom is -0.484 e. The molecule has 0 atom stereocenters. The highest BCUT2D eigenvalue weighted by molar-refractivity contribution is 5.95. The van der Waals surface area contributed by atoms with Crippen molar-refractivity contribution in [3.63, 3.8) is 0 Å². The monoisotopic (exact) mass is 696 g/mol. The smallest absolute Gasteiger partial charge is 0.305 e. The highest BCUT2D eigenvalue weighted by atomic mass is 16.5. The van der Waals surface area contributed by atoms with Crippen LogP contribution in [-0.2, 0) is 9.53 Å². The molecule has 0 saturated heterocycles. The molecule has 284 valence electrons. The molecule has 1 aromatic rings. The molecule has 1 aromatic carbocycles. The van der Waals surface area contributed by atoms with Gasteiger partial charge >= 0.3 is 5.97 Å². The molecule has 0 spiro atoms. The van der Waals surface area contributed by atoms with Gasteiger partial charge in [0.25, 0.3) is 5.91 Å². The molecule has 0 aliphatic rings. The summed E-state index contributed by atoms with van der Waals surface area (Å²) >= 11 is 0. The zero-order chi connectivity index (χ0) is 36.8. The van der Waals surface area contributed by atoms with Crippen molar-refractivity contribution < 1.29 is 42.0 Å². The molecule has 0 aliphatic heterocycles. The van der Waals surface area contributed by atoms with Gasteiger partial charge in [0.05, 0.1) is 65.5 Å². The maximum atomic E-state index is 13.5. The molecule has 0 radical (unpaired) electrons. The van der Waals surface area contributed by atoms with Crippen LogP contribution in [0.3, 0.4) is 0 Å². The topological polar surface area (TPSA) is 83.1 Å². The summed E-state index contributed by atoms with van der Waals surface area (Å²) in [5.41, 5.74) is 0.495. The van der Waals surface area contributed by atoms with Crippen molar-refractivity contribution in [3.8, 4) is 17.2 Å². The number of likely N-dealkylation sites (N-methyl/N-ethyl adjacent to an activating group) is 3. The predicted octanol–water partition coefficient (Wildman–Crippen LogP) is 6.31. The second-order valence-corrected chi connectivity index (χ2v) is 13.3. The van der Waals surface area contributed by atoms with Crippen molar-refractivity contribution in [2.75, 3.05) is 112 Å². The summed E-state index contributed by atoms with van der Waals surface area (Å²) < 4.78 is 27.6. The Bertz CT molecular complexity index is 998. The number of nitrogens with zero attached hydrogens (tertiary/aromatic N) is 3. The Morgan fingerprint density at radius 3 is 1.37 bits per heavy atom. The zero-order valence-electron chi connectivity index (χ0n) is 33.3. The van der Waals surface area contributed by atoms with Gasteiger partial charge in [-0.15, -0.1) is 0 Å². The summed E-state index contributed by atoms with van der Waals surface area (Å²) in [6, 6.07) is 3.64. The van der Waals surface area contributed by atoms with Crippen molar-refractivity contribution in [2.45, 2.75) is 94.9 Å². The van der Waals surface area contributed by atoms with Crippen molar-refractivity contribution in [2.24, 2.45) is 0 Å². The molecule has 1 rings (SSSR count). The number of ether oxygens (including phenoxy) is 4. The van der Waals surface area contributed by atoms with Gasteiger partial charge in [0, 0.05) is 18.5 Å². The van der Waals surface area contributed by atoms with Crippen LogP contribution in [0.1, 0.15) is 105 Å². The van der Waals surface area contributed by atoms with E-state index in [2.05, 4.69) is 67.6 Å². The van der Waals surface area contributed by atoms with E-state index in [0.29, 0.717) is 62.2 Å². The van der Waals surface area contributed by atoms with Gasteiger partial charge in [-0.3, -0.25) is 9.59 Å². The quantitative estimate of drug-likeness (QED) is 0.0602. The van der Waals surface area contributed by atoms with Gasteiger partial charge in [-0.1, -0.05) is 6.42 Å². The standard InChI is InChI=1S/C39H74N4O6/c1-11-41(12-2,13-3)26-29-47-35-32-34(39(45)40-25-23-21-22-24-37(44)46-20-10)33-36(48-30-27-42(14-4,15-5)16-6)38(35)49-31-28-43(17-7,18-8)19-9/h32-33H,11-31H2,1-10H3/q+2/p+1. The second kappa shape index (κ2) is 23.8. The van der Waals surface area contributed by atoms with Crippen LogP contribution in [0.15, 0.2) is 12.1 Å². The summed E-state index contributed by atoms with van der Waals surface area (Å²) in [6.45, 7) is 36.3. The Balaban J connectivity index is 3.39. The van der Waals surface area contributed by atoms with Crippen molar-refractivity contribution in [3.05, 3.63) is 17.7 Å². The van der Waals surface area contributed by atoms with Gasteiger partial charge in [0.15, 0.2) is 11.5 Å². The minimum atomic E-state index is -0.174. The first-order chi connectivity index (χ1) is 23.6. The third-order valence-electron chi connectivity index (χ3n) is 11.4. The van der Waals surface area contributed by atoms with Crippen molar-refractivity contribution in [1.82, 2.24) is 5.32 Å². The van der Waals surface area contributed by atoms with Crippen LogP contribution in [0.2, 0.25) is 0 Å². The Labute approximate surface area is 300 Å². The molecule has 1 N–H and O–H groups in total. The summed E-state index contributed by atoms with van der Waals surface area (Å²) in [5.74, 6) is 1.36. The highest BCUT2D eigenvalue weighted by Gasteiger charge is 2.26. The van der Waals surface area contributed by atoms with E-state index in [-0.39, 0.29) is 11.9 Å². The van der Waals surface area contributed by atoms with Gasteiger partial charge in [-0.25, -0.2) is 0 Å². The summed E-state index contributed by atoms with van der Waals surface area (Å²) in [4.78, 5) is 25.2. The minimum absolute atomic E-state index is 0.168. The molecule has 1 amide bonds. The molecule has 10 nitrogen and oxygen atoms in total. The Morgan fingerprint density at radius 2 is 0.980 bits per heavy atom. The normalized spacial score (nSPS) is 12.1. The van der Waals surface area contributed by atoms with Crippen LogP contribution in [-0.4, -0.2) is 137 Å². The number of benzene rings is 1. The first kappa shape index (κ1) is 44.5. The summed E-state index contributed by atoms with van der Waals surface area (Å²) in [6.07, 6.45) is 2.76. The van der Waals surface area contributed by atoms with E-state index < -0.39 is 0 Å². The largest absolute Gasteiger partial charge is 0.484 e. The molecule has 0 unspecified atom stereocenters. The lowest BCUT2D eigenvalue weighted by molar-refractivity contribution is -0.923. The summed E-state index contributed by atoms with van der Waals surface area (Å²) in [5, 5.41) is 3.07. The van der Waals surface area contributed by atoms with Crippen LogP contribution >= 0.6 is 0 Å². The number of quaternary nitrogens is 3. The van der Waals surface area contributed by atoms with Gasteiger partial charge in [-0.2, -0.15) is 0 Å². The van der Waals surface area contributed by atoms with Crippen LogP contribution in [0.5, 0.6) is 17.2 Å². The molecule has 0 heterocycles. The number of hydrogen-bond donors (Lipinski definition) is 1. The maximum absolute atomic E-state index is 13.5. The van der Waals surface area contributed by atoms with E-state index in [1.54, 1.807) is 0 Å². The fraction of sp³-hybridized carbons (Fsp3) is 0.795. The average Bonchev–Trinajstić information content (AvgIpc) is 3.13. The van der Waals surface area contributed by atoms with Crippen molar-refractivity contribution in [1.29, 1.82) is 0 Å². The zero-order valence-corrected chi connectivity index (χ0v) is 33.3. The van der Waals surface area contributed by atoms with Gasteiger partial charge in [0.2, 0.25) is 5.75 Å². The summed E-state index contributed by atoms with van der Waals surface area (Å²) in [7, 11) is 0. The number of hydrogen-bond acceptors (Lipinski definition) is 6. The van der Waals surface area contributed by atoms with Crippen LogP contribution in [0.4, 0.5) is 0 Å². The Hall–Kier alpha value is -2.56. The SMILES string of the molecule is CCOC(=O)CCCCCNC(=O)c1cc(OCC[N+](CC)(CC)CC)c(OCC[N+](CC)(CC)CC)c(OCC[N+](CC)(CC)CC)c1.